The summed E-state index contributed by atoms with van der Waals surface area (Å²) in [7, 11) is 0. The molecule has 0 aliphatic heterocycles. The van der Waals surface area contributed by atoms with Gasteiger partial charge >= 0.3 is 6.36 Å². The zero-order valence-corrected chi connectivity index (χ0v) is 14.4. The van der Waals surface area contributed by atoms with E-state index in [9.17, 15) is 26.7 Å². The molecule has 0 unspecified atom stereocenters. The Bertz CT molecular complexity index is 1030. The normalized spacial score (nSPS) is 11.3. The smallest absolute Gasteiger partial charge is 0.484 e. The van der Waals surface area contributed by atoms with Crippen LogP contribution >= 0.6 is 0 Å². The molecule has 0 saturated heterocycles. The lowest BCUT2D eigenvalue weighted by Gasteiger charge is -2.09. The van der Waals surface area contributed by atoms with E-state index in [1.54, 1.807) is 0 Å². The number of aromatic nitrogens is 2. The monoisotopic (exact) mass is 413 g/mol. The summed E-state index contributed by atoms with van der Waals surface area (Å²) < 4.78 is 74.5. The van der Waals surface area contributed by atoms with E-state index in [1.165, 1.54) is 29.1 Å². The minimum absolute atomic E-state index is 0.219. The van der Waals surface area contributed by atoms with Crippen molar-refractivity contribution in [2.45, 2.75) is 13.0 Å². The number of nitrogens with two attached hydrogens (primary N) is 1. The van der Waals surface area contributed by atoms with Crippen LogP contribution in [0.3, 0.4) is 0 Å². The SMILES string of the molecule is NC(=O)c1c(F)ccc(OCc2ccn(-c3ccc(OC(F)(F)F)cc3)n2)c1F. The highest BCUT2D eigenvalue weighted by molar-refractivity contribution is 5.93. The molecule has 3 aromatic rings. The summed E-state index contributed by atoms with van der Waals surface area (Å²) in [6.07, 6.45) is -3.28. The highest BCUT2D eigenvalue weighted by Crippen LogP contribution is 2.25. The minimum atomic E-state index is -4.79. The molecular formula is C18H12F5N3O3. The number of rotatable bonds is 6. The summed E-state index contributed by atoms with van der Waals surface area (Å²) >= 11 is 0. The largest absolute Gasteiger partial charge is 0.573 e. The van der Waals surface area contributed by atoms with Gasteiger partial charge in [-0.2, -0.15) is 5.10 Å². The van der Waals surface area contributed by atoms with Crippen LogP contribution < -0.4 is 15.2 Å². The van der Waals surface area contributed by atoms with Gasteiger partial charge in [0.05, 0.1) is 5.69 Å². The second-order valence-electron chi connectivity index (χ2n) is 5.68. The Hall–Kier alpha value is -3.63. The van der Waals surface area contributed by atoms with E-state index >= 15 is 0 Å². The van der Waals surface area contributed by atoms with Crippen molar-refractivity contribution >= 4 is 5.91 Å². The molecule has 0 aliphatic rings. The number of ether oxygens (including phenoxy) is 2. The number of hydrogen-bond donors (Lipinski definition) is 1. The average molecular weight is 413 g/mol. The van der Waals surface area contributed by atoms with Crippen molar-refractivity contribution < 1.29 is 36.2 Å². The molecule has 0 saturated carbocycles. The number of halogens is 5. The maximum absolute atomic E-state index is 14.1. The van der Waals surface area contributed by atoms with Crippen molar-refractivity contribution in [3.8, 4) is 17.2 Å². The Morgan fingerprint density at radius 1 is 1.07 bits per heavy atom. The first kappa shape index (κ1) is 20.1. The molecule has 0 bridgehead atoms. The zero-order valence-electron chi connectivity index (χ0n) is 14.4. The first-order chi connectivity index (χ1) is 13.6. The molecule has 2 aromatic carbocycles. The van der Waals surface area contributed by atoms with Crippen molar-refractivity contribution in [2.24, 2.45) is 5.73 Å². The van der Waals surface area contributed by atoms with Gasteiger partial charge < -0.3 is 15.2 Å². The van der Waals surface area contributed by atoms with Crippen molar-refractivity contribution in [1.82, 2.24) is 9.78 Å². The first-order valence-corrected chi connectivity index (χ1v) is 7.95. The Balaban J connectivity index is 1.70. The maximum atomic E-state index is 14.1. The molecule has 3 rings (SSSR count). The molecule has 6 nitrogen and oxygen atoms in total. The van der Waals surface area contributed by atoms with E-state index in [4.69, 9.17) is 10.5 Å². The number of alkyl halides is 3. The van der Waals surface area contributed by atoms with Crippen LogP contribution in [0.5, 0.6) is 11.5 Å². The summed E-state index contributed by atoms with van der Waals surface area (Å²) in [5, 5.41) is 4.15. The van der Waals surface area contributed by atoms with E-state index in [0.29, 0.717) is 11.4 Å². The lowest BCUT2D eigenvalue weighted by molar-refractivity contribution is -0.274. The number of benzene rings is 2. The molecule has 0 radical (unpaired) electrons. The number of nitrogens with zero attached hydrogens (tertiary/aromatic N) is 2. The second kappa shape index (κ2) is 7.78. The zero-order chi connectivity index (χ0) is 21.2. The summed E-state index contributed by atoms with van der Waals surface area (Å²) in [6, 6.07) is 8.35. The summed E-state index contributed by atoms with van der Waals surface area (Å²) in [5.74, 6) is -4.37. The fraction of sp³-hybridized carbons (Fsp3) is 0.111. The van der Waals surface area contributed by atoms with Gasteiger partial charge in [-0.05, 0) is 42.5 Å². The third-order valence-corrected chi connectivity index (χ3v) is 3.66. The topological polar surface area (TPSA) is 79.4 Å². The van der Waals surface area contributed by atoms with Crippen LogP contribution in [0.15, 0.2) is 48.7 Å². The third-order valence-electron chi connectivity index (χ3n) is 3.66. The standard InChI is InChI=1S/C18H12F5N3O3/c19-13-5-6-14(16(20)15(13)17(24)27)28-9-10-7-8-26(25-10)11-1-3-12(4-2-11)29-18(21,22)23/h1-8H,9H2,(H2,24,27). The van der Waals surface area contributed by atoms with Gasteiger partial charge in [0.2, 0.25) is 0 Å². The van der Waals surface area contributed by atoms with Gasteiger partial charge in [-0.1, -0.05) is 0 Å². The van der Waals surface area contributed by atoms with Crippen LogP contribution in [0.4, 0.5) is 22.0 Å². The highest BCUT2D eigenvalue weighted by atomic mass is 19.4. The molecule has 2 N–H and O–H groups in total. The van der Waals surface area contributed by atoms with Gasteiger partial charge in [-0.3, -0.25) is 4.79 Å². The molecule has 0 spiro atoms. The van der Waals surface area contributed by atoms with Crippen molar-refractivity contribution in [2.75, 3.05) is 0 Å². The van der Waals surface area contributed by atoms with Crippen LogP contribution in [-0.4, -0.2) is 22.1 Å². The van der Waals surface area contributed by atoms with Gasteiger partial charge in [0.15, 0.2) is 11.6 Å². The average Bonchev–Trinajstić information content (AvgIpc) is 3.09. The van der Waals surface area contributed by atoms with Crippen molar-refractivity contribution in [3.05, 3.63) is 71.6 Å². The summed E-state index contributed by atoms with van der Waals surface area (Å²) in [6.45, 7) is -0.219. The predicted molar refractivity (Wildman–Crippen MR) is 89.5 cm³/mol. The first-order valence-electron chi connectivity index (χ1n) is 7.95. The lowest BCUT2D eigenvalue weighted by Crippen LogP contribution is -2.17. The molecular weight excluding hydrogens is 401 g/mol. The number of carbonyl (C=O) groups excluding carboxylic acids is 1. The summed E-state index contributed by atoms with van der Waals surface area (Å²) in [5.41, 5.74) is 4.81. The van der Waals surface area contributed by atoms with Gasteiger partial charge in [-0.15, -0.1) is 13.2 Å². The minimum Gasteiger partial charge on any atom is -0.484 e. The van der Waals surface area contributed by atoms with Crippen LogP contribution in [-0.2, 0) is 6.61 Å². The van der Waals surface area contributed by atoms with Gasteiger partial charge in [0.1, 0.15) is 29.4 Å². The second-order valence-corrected chi connectivity index (χ2v) is 5.68. The maximum Gasteiger partial charge on any atom is 0.573 e. The number of primary amides is 1. The Morgan fingerprint density at radius 3 is 2.38 bits per heavy atom. The predicted octanol–water partition coefficient (Wildman–Crippen LogP) is 3.73. The van der Waals surface area contributed by atoms with E-state index < -0.39 is 29.5 Å². The van der Waals surface area contributed by atoms with Crippen molar-refractivity contribution in [3.63, 3.8) is 0 Å². The fourth-order valence-corrected chi connectivity index (χ4v) is 2.41. The molecule has 0 aliphatic carbocycles. The quantitative estimate of drug-likeness (QED) is 0.625. The highest BCUT2D eigenvalue weighted by Gasteiger charge is 2.31. The molecule has 0 fully saturated rings. The Labute approximate surface area is 160 Å². The fourth-order valence-electron chi connectivity index (χ4n) is 2.41. The van der Waals surface area contributed by atoms with E-state index in [2.05, 4.69) is 9.84 Å². The van der Waals surface area contributed by atoms with E-state index in [-0.39, 0.29) is 18.1 Å². The van der Waals surface area contributed by atoms with E-state index in [1.807, 2.05) is 0 Å². The number of hydrogen-bond acceptors (Lipinski definition) is 4. The Morgan fingerprint density at radius 2 is 1.76 bits per heavy atom. The van der Waals surface area contributed by atoms with Crippen LogP contribution in [0.1, 0.15) is 16.1 Å². The van der Waals surface area contributed by atoms with Crippen LogP contribution in [0.25, 0.3) is 5.69 Å². The lowest BCUT2D eigenvalue weighted by atomic mass is 10.1. The third kappa shape index (κ3) is 4.81. The van der Waals surface area contributed by atoms with Gasteiger partial charge in [0.25, 0.3) is 5.91 Å². The molecule has 1 heterocycles. The molecule has 11 heteroatoms. The van der Waals surface area contributed by atoms with Crippen LogP contribution in [0, 0.1) is 11.6 Å². The van der Waals surface area contributed by atoms with Gasteiger partial charge in [-0.25, -0.2) is 13.5 Å². The molecule has 29 heavy (non-hydrogen) atoms. The summed E-state index contributed by atoms with van der Waals surface area (Å²) in [4.78, 5) is 11.1. The molecule has 152 valence electrons. The van der Waals surface area contributed by atoms with Crippen molar-refractivity contribution in [1.29, 1.82) is 0 Å². The number of carbonyl (C=O) groups is 1. The number of amides is 1. The van der Waals surface area contributed by atoms with Gasteiger partial charge in [0, 0.05) is 6.20 Å². The Kier molecular flexibility index (Phi) is 5.39. The molecule has 1 amide bonds. The molecule has 0 atom stereocenters. The molecule has 1 aromatic heterocycles. The van der Waals surface area contributed by atoms with Crippen LogP contribution in [0.2, 0.25) is 0 Å². The van der Waals surface area contributed by atoms with E-state index in [0.717, 1.165) is 24.3 Å².